The van der Waals surface area contributed by atoms with Gasteiger partial charge in [-0.05, 0) is 36.8 Å². The van der Waals surface area contributed by atoms with E-state index in [1.807, 2.05) is 59.0 Å². The monoisotopic (exact) mass is 340 g/mol. The Hall–Kier alpha value is -2.67. The Morgan fingerprint density at radius 1 is 1.17 bits per heavy atom. The molecule has 0 N–H and O–H groups in total. The molecule has 0 atom stereocenters. The standard InChI is InChI=1S/C17H16N4O2S/c1-13-11-20(12-18-13)15-7-5-14(6-8-15)16-3-2-4-17-19-24(22,23)10-9-21(16)17/h2-8,11-12H,9-10H2,1H3. The first-order chi connectivity index (χ1) is 11.5. The second-order valence-corrected chi connectivity index (χ2v) is 7.52. The average molecular weight is 340 g/mol. The first-order valence-corrected chi connectivity index (χ1v) is 9.23. The van der Waals surface area contributed by atoms with Crippen molar-refractivity contribution >= 4 is 21.6 Å². The lowest BCUT2D eigenvalue weighted by atomic mass is 10.1. The van der Waals surface area contributed by atoms with Gasteiger partial charge >= 0.3 is 0 Å². The topological polar surface area (TPSA) is 67.6 Å². The lowest BCUT2D eigenvalue weighted by molar-refractivity contribution is 0.560. The number of hydrogen-bond acceptors (Lipinski definition) is 4. The normalized spacial score (nSPS) is 18.8. The van der Waals surface area contributed by atoms with E-state index in [2.05, 4.69) is 9.38 Å². The number of nitrogens with zero attached hydrogens (tertiary/aromatic N) is 4. The molecule has 3 heterocycles. The van der Waals surface area contributed by atoms with E-state index in [-0.39, 0.29) is 5.75 Å². The summed E-state index contributed by atoms with van der Waals surface area (Å²) in [5, 5.41) is 0. The molecule has 0 bridgehead atoms. The van der Waals surface area contributed by atoms with E-state index >= 15 is 0 Å². The van der Waals surface area contributed by atoms with E-state index in [0.29, 0.717) is 12.4 Å². The van der Waals surface area contributed by atoms with Gasteiger partial charge in [0.2, 0.25) is 0 Å². The van der Waals surface area contributed by atoms with Crippen molar-refractivity contribution in [3.8, 4) is 5.69 Å². The molecular formula is C17H16N4O2S. The van der Waals surface area contributed by atoms with Gasteiger partial charge in [-0.3, -0.25) is 0 Å². The Labute approximate surface area is 140 Å². The molecule has 7 heteroatoms. The molecular weight excluding hydrogens is 324 g/mol. The molecule has 0 amide bonds. The molecule has 0 fully saturated rings. The van der Waals surface area contributed by atoms with Gasteiger partial charge in [-0.1, -0.05) is 18.2 Å². The molecule has 0 saturated carbocycles. The highest BCUT2D eigenvalue weighted by atomic mass is 32.2. The van der Waals surface area contributed by atoms with Crippen molar-refractivity contribution in [1.29, 1.82) is 0 Å². The Bertz CT molecular complexity index is 982. The Balaban J connectivity index is 1.67. The van der Waals surface area contributed by atoms with Crippen LogP contribution in [0.1, 0.15) is 11.3 Å². The van der Waals surface area contributed by atoms with Crippen LogP contribution in [0.5, 0.6) is 0 Å². The predicted octanol–water partition coefficient (Wildman–Crippen LogP) is 2.14. The number of rotatable bonds is 2. The highest BCUT2D eigenvalue weighted by Gasteiger charge is 2.26. The molecule has 4 rings (SSSR count). The summed E-state index contributed by atoms with van der Waals surface area (Å²) < 4.78 is 29.2. The molecule has 2 aromatic rings. The molecule has 6 nitrogen and oxygen atoms in total. The molecule has 0 aliphatic carbocycles. The van der Waals surface area contributed by atoms with Gasteiger partial charge in [-0.25, -0.2) is 13.4 Å². The SMILES string of the molecule is Cc1cn(-c2ccc(C3=CC=CC4=NS(=O)(=O)CCN34)cc2)cn1. The van der Waals surface area contributed by atoms with Crippen molar-refractivity contribution in [2.45, 2.75) is 6.92 Å². The van der Waals surface area contributed by atoms with Crippen LogP contribution in [-0.2, 0) is 10.0 Å². The smallest absolute Gasteiger partial charge is 0.256 e. The van der Waals surface area contributed by atoms with E-state index in [1.54, 1.807) is 12.4 Å². The first-order valence-electron chi connectivity index (χ1n) is 7.62. The van der Waals surface area contributed by atoms with Crippen molar-refractivity contribution in [2.24, 2.45) is 4.40 Å². The Morgan fingerprint density at radius 2 is 1.96 bits per heavy atom. The summed E-state index contributed by atoms with van der Waals surface area (Å²) in [6, 6.07) is 8.09. The van der Waals surface area contributed by atoms with Gasteiger partial charge in [0, 0.05) is 24.1 Å². The maximum absolute atomic E-state index is 11.7. The lowest BCUT2D eigenvalue weighted by Crippen LogP contribution is -2.38. The maximum Gasteiger partial charge on any atom is 0.256 e. The summed E-state index contributed by atoms with van der Waals surface area (Å²) >= 11 is 0. The van der Waals surface area contributed by atoms with Crippen molar-refractivity contribution in [2.75, 3.05) is 12.3 Å². The number of imidazole rings is 1. The molecule has 2 aliphatic rings. The quantitative estimate of drug-likeness (QED) is 0.840. The van der Waals surface area contributed by atoms with Gasteiger partial charge in [0.05, 0.1) is 17.8 Å². The third-order valence-electron chi connectivity index (χ3n) is 4.05. The number of sulfonamides is 1. The van der Waals surface area contributed by atoms with Crippen molar-refractivity contribution in [1.82, 2.24) is 14.5 Å². The van der Waals surface area contributed by atoms with E-state index < -0.39 is 10.0 Å². The van der Waals surface area contributed by atoms with E-state index in [1.165, 1.54) is 0 Å². The minimum Gasteiger partial charge on any atom is -0.324 e. The number of aromatic nitrogens is 2. The van der Waals surface area contributed by atoms with Crippen molar-refractivity contribution in [3.05, 3.63) is 66.3 Å². The van der Waals surface area contributed by atoms with Gasteiger partial charge < -0.3 is 9.47 Å². The van der Waals surface area contributed by atoms with Crippen LogP contribution in [-0.4, -0.2) is 41.0 Å². The molecule has 0 spiro atoms. The fraction of sp³-hybridized carbons (Fsp3) is 0.176. The highest BCUT2D eigenvalue weighted by molar-refractivity contribution is 7.90. The number of fused-ring (bicyclic) bond motifs is 1. The third-order valence-corrected chi connectivity index (χ3v) is 5.21. The summed E-state index contributed by atoms with van der Waals surface area (Å²) in [6.07, 6.45) is 9.29. The predicted molar refractivity (Wildman–Crippen MR) is 93.3 cm³/mol. The zero-order valence-electron chi connectivity index (χ0n) is 13.1. The van der Waals surface area contributed by atoms with Gasteiger partial charge in [0.15, 0.2) is 0 Å². The van der Waals surface area contributed by atoms with Crippen molar-refractivity contribution < 1.29 is 8.42 Å². The molecule has 0 radical (unpaired) electrons. The molecule has 0 unspecified atom stereocenters. The second-order valence-electron chi connectivity index (χ2n) is 5.77. The molecule has 24 heavy (non-hydrogen) atoms. The minimum atomic E-state index is -3.34. The first kappa shape index (κ1) is 14.9. The van der Waals surface area contributed by atoms with Gasteiger partial charge in [0.1, 0.15) is 5.84 Å². The highest BCUT2D eigenvalue weighted by Crippen LogP contribution is 2.26. The number of amidine groups is 1. The summed E-state index contributed by atoms with van der Waals surface area (Å²) in [4.78, 5) is 6.18. The van der Waals surface area contributed by atoms with Crippen LogP contribution in [0, 0.1) is 6.92 Å². The fourth-order valence-corrected chi connectivity index (χ4v) is 3.81. The van der Waals surface area contributed by atoms with E-state index in [9.17, 15) is 8.42 Å². The van der Waals surface area contributed by atoms with E-state index in [0.717, 1.165) is 22.6 Å². The largest absolute Gasteiger partial charge is 0.324 e. The van der Waals surface area contributed by atoms with Crippen LogP contribution in [0.2, 0.25) is 0 Å². The van der Waals surface area contributed by atoms with Crippen LogP contribution in [0.4, 0.5) is 0 Å². The molecule has 0 saturated heterocycles. The van der Waals surface area contributed by atoms with Crippen LogP contribution >= 0.6 is 0 Å². The zero-order chi connectivity index (χ0) is 16.7. The summed E-state index contributed by atoms with van der Waals surface area (Å²) in [5.74, 6) is 0.515. The van der Waals surface area contributed by atoms with Gasteiger partial charge in [-0.15, -0.1) is 4.40 Å². The molecule has 122 valence electrons. The van der Waals surface area contributed by atoms with Crippen LogP contribution in [0.3, 0.4) is 0 Å². The number of allylic oxidation sites excluding steroid dienone is 2. The van der Waals surface area contributed by atoms with Crippen molar-refractivity contribution in [3.63, 3.8) is 0 Å². The molecule has 1 aromatic carbocycles. The summed E-state index contributed by atoms with van der Waals surface area (Å²) in [5.41, 5.74) is 3.97. The Morgan fingerprint density at radius 3 is 2.67 bits per heavy atom. The Kier molecular flexibility index (Phi) is 3.38. The lowest BCUT2D eigenvalue weighted by Gasteiger charge is -2.31. The molecule has 2 aliphatic heterocycles. The van der Waals surface area contributed by atoms with E-state index in [4.69, 9.17) is 0 Å². The number of benzene rings is 1. The second kappa shape index (κ2) is 5.45. The third kappa shape index (κ3) is 2.67. The van der Waals surface area contributed by atoms with Gasteiger partial charge in [-0.2, -0.15) is 0 Å². The van der Waals surface area contributed by atoms with Crippen LogP contribution < -0.4 is 0 Å². The minimum absolute atomic E-state index is 0.0358. The van der Waals surface area contributed by atoms with Crippen LogP contribution in [0.25, 0.3) is 11.4 Å². The zero-order valence-corrected chi connectivity index (χ0v) is 13.9. The number of hydrogen-bond donors (Lipinski definition) is 0. The maximum atomic E-state index is 11.7. The molecule has 1 aromatic heterocycles. The van der Waals surface area contributed by atoms with Gasteiger partial charge in [0.25, 0.3) is 10.0 Å². The summed E-state index contributed by atoms with van der Waals surface area (Å²) in [7, 11) is -3.34. The number of aryl methyl sites for hydroxylation is 1. The van der Waals surface area contributed by atoms with Crippen LogP contribution in [0.15, 0.2) is 59.4 Å². The summed E-state index contributed by atoms with van der Waals surface area (Å²) in [6.45, 7) is 2.37. The fourth-order valence-electron chi connectivity index (χ4n) is 2.86. The average Bonchev–Trinajstić information content (AvgIpc) is 3.00.